The molecule has 0 spiro atoms. The van der Waals surface area contributed by atoms with E-state index in [1.165, 1.54) is 89.9 Å². The van der Waals surface area contributed by atoms with E-state index >= 15 is 0 Å². The molecule has 0 aliphatic carbocycles. The van der Waals surface area contributed by atoms with Gasteiger partial charge in [0.2, 0.25) is 0 Å². The summed E-state index contributed by atoms with van der Waals surface area (Å²) < 4.78 is 29.0. The topological polar surface area (TPSA) is 43.4 Å². The van der Waals surface area contributed by atoms with Gasteiger partial charge in [0.25, 0.3) is 10.1 Å². The molecule has 0 aliphatic rings. The van der Waals surface area contributed by atoms with E-state index in [9.17, 15) is 8.42 Å². The molecule has 1 aromatic carbocycles. The third-order valence-corrected chi connectivity index (χ3v) is 6.66. The number of hydrogen-bond donors (Lipinski definition) is 0. The maximum absolute atomic E-state index is 11.9. The molecular weight excluding hydrogens is 403 g/mol. The molecule has 0 radical (unpaired) electrons. The molecule has 1 rings (SSSR count). The van der Waals surface area contributed by atoms with Gasteiger partial charge < -0.3 is 0 Å². The van der Waals surface area contributed by atoms with E-state index in [4.69, 9.17) is 4.18 Å². The molecule has 0 N–H and O–H groups in total. The van der Waals surface area contributed by atoms with Gasteiger partial charge in [0, 0.05) is 0 Å². The van der Waals surface area contributed by atoms with Crippen molar-refractivity contribution in [3.63, 3.8) is 0 Å². The van der Waals surface area contributed by atoms with Crippen LogP contribution in [0, 0.1) is 0 Å². The van der Waals surface area contributed by atoms with Crippen LogP contribution in [0.15, 0.2) is 30.3 Å². The van der Waals surface area contributed by atoms with Crippen LogP contribution in [0.25, 0.3) is 0 Å². The van der Waals surface area contributed by atoms with Gasteiger partial charge in [0.1, 0.15) is 5.75 Å². The molecule has 0 saturated heterocycles. The second-order valence-corrected chi connectivity index (χ2v) is 9.95. The van der Waals surface area contributed by atoms with E-state index in [2.05, 4.69) is 6.92 Å². The Morgan fingerprint density at radius 2 is 1.03 bits per heavy atom. The normalized spacial score (nSPS) is 11.4. The number of hydrogen-bond acceptors (Lipinski definition) is 3. The van der Waals surface area contributed by atoms with Crippen LogP contribution in [0.1, 0.15) is 115 Å². The summed E-state index contributed by atoms with van der Waals surface area (Å²) in [7, 11) is -3.46. The summed E-state index contributed by atoms with van der Waals surface area (Å²) in [5, 5.41) is 0. The average molecular weight is 449 g/mol. The first-order valence-electron chi connectivity index (χ1n) is 12.0. The second-order valence-electron chi connectivity index (χ2n) is 8.31. The van der Waals surface area contributed by atoms with Crippen LogP contribution in [-0.2, 0) is 20.1 Å². The molecule has 170 valence electrons. The van der Waals surface area contributed by atoms with E-state index in [1.807, 2.05) is 30.3 Å². The third kappa shape index (κ3) is 18.9. The Morgan fingerprint density at radius 3 is 1.47 bits per heavy atom. The van der Waals surface area contributed by atoms with Crippen molar-refractivity contribution in [3.05, 3.63) is 35.9 Å². The molecule has 3 nitrogen and oxygen atoms in total. The van der Waals surface area contributed by atoms with Crippen molar-refractivity contribution in [1.82, 2.24) is 0 Å². The summed E-state index contributed by atoms with van der Waals surface area (Å²) in [6.07, 6.45) is 21.0. The molecule has 0 aliphatic heterocycles. The fraction of sp³-hybridized carbons (Fsp3) is 0.760. The first kappa shape index (κ1) is 30.1. The van der Waals surface area contributed by atoms with Crippen molar-refractivity contribution in [1.29, 1.82) is 0 Å². The molecule has 1 aromatic rings. The number of unbranched alkanes of at least 4 members (excludes halogenated alkanes) is 15. The Morgan fingerprint density at radius 1 is 0.633 bits per heavy atom. The Hall–Kier alpha value is 0.130. The molecule has 0 atom stereocenters. The number of benzene rings is 1. The van der Waals surface area contributed by atoms with Crippen molar-refractivity contribution in [2.24, 2.45) is 0 Å². The van der Waals surface area contributed by atoms with Crippen LogP contribution < -0.4 is 0 Å². The van der Waals surface area contributed by atoms with Gasteiger partial charge >= 0.3 is 29.6 Å². The molecule has 0 heterocycles. The van der Waals surface area contributed by atoms with Crippen LogP contribution in [0.3, 0.4) is 0 Å². The fourth-order valence-electron chi connectivity index (χ4n) is 3.66. The first-order chi connectivity index (χ1) is 14.1. The van der Waals surface area contributed by atoms with E-state index in [0.717, 1.165) is 18.4 Å². The first-order valence-corrected chi connectivity index (χ1v) is 13.6. The van der Waals surface area contributed by atoms with Gasteiger partial charge in [0.05, 0.1) is 6.61 Å². The standard InChI is InChI=1S/C25H44O3S.Na.H/c1-2-3-4-5-6-7-8-9-10-11-12-13-14-15-16-20-23-28-29(26,27)24-25-21-18-17-19-22-25;;/h17-19,21-22H,2-16,20,23-24H2,1H3;;. The van der Waals surface area contributed by atoms with E-state index in [1.54, 1.807) is 0 Å². The van der Waals surface area contributed by atoms with Crippen molar-refractivity contribution < 1.29 is 12.6 Å². The summed E-state index contributed by atoms with van der Waals surface area (Å²) >= 11 is 0. The zero-order valence-corrected chi connectivity index (χ0v) is 19.6. The van der Waals surface area contributed by atoms with Gasteiger partial charge in [-0.2, -0.15) is 8.42 Å². The molecule has 0 fully saturated rings. The second kappa shape index (κ2) is 21.0. The number of rotatable bonds is 20. The molecule has 0 bridgehead atoms. The minimum atomic E-state index is -3.46. The van der Waals surface area contributed by atoms with Crippen molar-refractivity contribution in [2.75, 3.05) is 6.61 Å². The van der Waals surface area contributed by atoms with Gasteiger partial charge in [-0.1, -0.05) is 134 Å². The maximum atomic E-state index is 11.9. The van der Waals surface area contributed by atoms with Crippen LogP contribution >= 0.6 is 0 Å². The van der Waals surface area contributed by atoms with Crippen molar-refractivity contribution in [3.8, 4) is 0 Å². The van der Waals surface area contributed by atoms with E-state index in [0.29, 0.717) is 6.61 Å². The minimum absolute atomic E-state index is 0. The Balaban J connectivity index is 0.00000841. The van der Waals surface area contributed by atoms with Crippen molar-refractivity contribution in [2.45, 2.75) is 115 Å². The van der Waals surface area contributed by atoms with Crippen molar-refractivity contribution >= 4 is 39.7 Å². The summed E-state index contributed by atoms with van der Waals surface area (Å²) in [5.41, 5.74) is 0.777. The molecule has 0 saturated carbocycles. The van der Waals surface area contributed by atoms with E-state index in [-0.39, 0.29) is 35.3 Å². The zero-order chi connectivity index (χ0) is 21.0. The predicted molar refractivity (Wildman–Crippen MR) is 132 cm³/mol. The summed E-state index contributed by atoms with van der Waals surface area (Å²) in [6.45, 7) is 2.59. The van der Waals surface area contributed by atoms with Crippen LogP contribution in [0.4, 0.5) is 0 Å². The van der Waals surface area contributed by atoms with Crippen LogP contribution in [0.5, 0.6) is 0 Å². The fourth-order valence-corrected chi connectivity index (χ4v) is 4.71. The summed E-state index contributed by atoms with van der Waals surface area (Å²) in [4.78, 5) is 0. The Labute approximate surface area is 209 Å². The average Bonchev–Trinajstić information content (AvgIpc) is 2.70. The molecule has 0 amide bonds. The van der Waals surface area contributed by atoms with Gasteiger partial charge in [-0.25, -0.2) is 0 Å². The van der Waals surface area contributed by atoms with Crippen LogP contribution in [0.2, 0.25) is 0 Å². The quantitative estimate of drug-likeness (QED) is 0.121. The van der Waals surface area contributed by atoms with Gasteiger partial charge in [-0.05, 0) is 12.0 Å². The SMILES string of the molecule is CCCCCCCCCCCCCCCCCCOS(=O)(=O)Cc1ccccc1.[NaH]. The van der Waals surface area contributed by atoms with Gasteiger partial charge in [-0.3, -0.25) is 4.18 Å². The monoisotopic (exact) mass is 448 g/mol. The third-order valence-electron chi connectivity index (χ3n) is 5.45. The van der Waals surface area contributed by atoms with Gasteiger partial charge in [0.15, 0.2) is 0 Å². The zero-order valence-electron chi connectivity index (χ0n) is 18.7. The predicted octanol–water partition coefficient (Wildman–Crippen LogP) is 7.15. The molecular formula is C25H45NaO3S. The molecule has 30 heavy (non-hydrogen) atoms. The molecule has 0 unspecified atom stereocenters. The Kier molecular flexibility index (Phi) is 21.1. The van der Waals surface area contributed by atoms with Crippen LogP contribution in [-0.4, -0.2) is 44.6 Å². The van der Waals surface area contributed by atoms with Gasteiger partial charge in [-0.15, -0.1) is 0 Å². The Bertz CT molecular complexity index is 575. The summed E-state index contributed by atoms with van der Waals surface area (Å²) in [6, 6.07) is 9.21. The van der Waals surface area contributed by atoms with E-state index < -0.39 is 10.1 Å². The summed E-state index contributed by atoms with van der Waals surface area (Å²) in [5.74, 6) is -0.0350. The molecule has 5 heteroatoms. The molecule has 0 aromatic heterocycles.